The third-order valence-corrected chi connectivity index (χ3v) is 5.52. The lowest BCUT2D eigenvalue weighted by Gasteiger charge is -2.35. The summed E-state index contributed by atoms with van der Waals surface area (Å²) in [6.45, 7) is 9.59. The average molecular weight is 476 g/mol. The molecule has 0 radical (unpaired) electrons. The van der Waals surface area contributed by atoms with Crippen molar-refractivity contribution in [1.82, 2.24) is 26.2 Å². The van der Waals surface area contributed by atoms with Crippen molar-refractivity contribution >= 4 is 29.5 Å². The minimum absolute atomic E-state index is 0.0967. The zero-order chi connectivity index (χ0) is 25.9. The number of amides is 5. The molecule has 188 valence electrons. The minimum Gasteiger partial charge on any atom is -0.349 e. The van der Waals surface area contributed by atoms with Gasteiger partial charge >= 0.3 is 6.03 Å². The molecule has 0 saturated carbocycles. The standard InChI is InChI=1S/C24H37N5O5/c1-7-9-12-16(18(30)21(32)26-14-10-8-2)27-20(31)17-13-11-15-29(17)22(33)19(24(3,4)5)28-23(34)25-6/h1,8,16-17,19H,2,9-15H2,3-6H3,(H,26,32)(H,27,31)(H2,25,28,34). The highest BCUT2D eigenvalue weighted by molar-refractivity contribution is 6.38. The summed E-state index contributed by atoms with van der Waals surface area (Å²) in [5.41, 5.74) is -0.609. The largest absolute Gasteiger partial charge is 0.349 e. The lowest BCUT2D eigenvalue weighted by atomic mass is 9.85. The SMILES string of the molecule is C#CCCC(NC(=O)C1CCCN1C(=O)C(NC(=O)NC)C(C)(C)C)C(=O)C(=O)NCCC=C. The van der Waals surface area contributed by atoms with Crippen LogP contribution in [0.25, 0.3) is 0 Å². The number of terminal acetylenes is 1. The van der Waals surface area contributed by atoms with Gasteiger partial charge in [0.15, 0.2) is 0 Å². The van der Waals surface area contributed by atoms with Crippen LogP contribution in [-0.2, 0) is 19.2 Å². The summed E-state index contributed by atoms with van der Waals surface area (Å²) in [6.07, 6.45) is 8.69. The molecule has 5 amide bonds. The van der Waals surface area contributed by atoms with E-state index in [0.717, 1.165) is 0 Å². The highest BCUT2D eigenvalue weighted by Crippen LogP contribution is 2.26. The summed E-state index contributed by atoms with van der Waals surface area (Å²) < 4.78 is 0. The topological polar surface area (TPSA) is 137 Å². The van der Waals surface area contributed by atoms with E-state index in [1.165, 1.54) is 11.9 Å². The third kappa shape index (κ3) is 8.21. The van der Waals surface area contributed by atoms with Crippen molar-refractivity contribution in [3.8, 4) is 12.3 Å². The Morgan fingerprint density at radius 3 is 2.44 bits per heavy atom. The number of likely N-dealkylation sites (tertiary alicyclic amines) is 1. The molecule has 1 aliphatic heterocycles. The van der Waals surface area contributed by atoms with Gasteiger partial charge in [-0.25, -0.2) is 4.79 Å². The van der Waals surface area contributed by atoms with Gasteiger partial charge in [-0.15, -0.1) is 18.9 Å². The van der Waals surface area contributed by atoms with E-state index in [9.17, 15) is 24.0 Å². The van der Waals surface area contributed by atoms with Crippen LogP contribution in [0.4, 0.5) is 4.79 Å². The lowest BCUT2D eigenvalue weighted by Crippen LogP contribution is -2.59. The minimum atomic E-state index is -1.10. The fraction of sp³-hybridized carbons (Fsp3) is 0.625. The van der Waals surface area contributed by atoms with Gasteiger partial charge in [0.05, 0.1) is 6.04 Å². The van der Waals surface area contributed by atoms with E-state index in [0.29, 0.717) is 25.8 Å². The Hall–Kier alpha value is -3.35. The quantitative estimate of drug-likeness (QED) is 0.149. The van der Waals surface area contributed by atoms with Crippen LogP contribution in [0.1, 0.15) is 52.9 Å². The molecule has 3 atom stereocenters. The first-order valence-electron chi connectivity index (χ1n) is 11.4. The molecule has 0 spiro atoms. The van der Waals surface area contributed by atoms with Crippen LogP contribution in [-0.4, -0.2) is 72.7 Å². The second-order valence-corrected chi connectivity index (χ2v) is 9.21. The number of urea groups is 1. The maximum absolute atomic E-state index is 13.3. The maximum Gasteiger partial charge on any atom is 0.315 e. The van der Waals surface area contributed by atoms with Crippen molar-refractivity contribution in [2.24, 2.45) is 5.41 Å². The van der Waals surface area contributed by atoms with Gasteiger partial charge in [-0.2, -0.15) is 0 Å². The number of nitrogens with one attached hydrogen (secondary N) is 4. The van der Waals surface area contributed by atoms with E-state index in [1.807, 2.05) is 20.8 Å². The van der Waals surface area contributed by atoms with E-state index in [1.54, 1.807) is 6.08 Å². The third-order valence-electron chi connectivity index (χ3n) is 5.52. The van der Waals surface area contributed by atoms with Gasteiger partial charge in [0.25, 0.3) is 5.91 Å². The summed E-state index contributed by atoms with van der Waals surface area (Å²) in [7, 11) is 1.45. The molecule has 1 rings (SSSR count). The second kappa shape index (κ2) is 13.4. The Morgan fingerprint density at radius 2 is 1.88 bits per heavy atom. The van der Waals surface area contributed by atoms with E-state index in [2.05, 4.69) is 33.8 Å². The molecule has 0 aromatic heterocycles. The fourth-order valence-electron chi connectivity index (χ4n) is 3.62. The molecule has 1 aliphatic rings. The summed E-state index contributed by atoms with van der Waals surface area (Å²) in [4.78, 5) is 64.7. The van der Waals surface area contributed by atoms with Crippen LogP contribution in [0.2, 0.25) is 0 Å². The Balaban J connectivity index is 3.00. The highest BCUT2D eigenvalue weighted by Gasteiger charge is 2.42. The molecule has 1 heterocycles. The van der Waals surface area contributed by atoms with Crippen molar-refractivity contribution in [2.45, 2.75) is 71.0 Å². The van der Waals surface area contributed by atoms with Crippen molar-refractivity contribution in [3.05, 3.63) is 12.7 Å². The number of ketones is 1. The van der Waals surface area contributed by atoms with Gasteiger partial charge in [-0.1, -0.05) is 26.8 Å². The summed E-state index contributed by atoms with van der Waals surface area (Å²) in [6, 6.07) is -3.30. The molecule has 0 bridgehead atoms. The zero-order valence-corrected chi connectivity index (χ0v) is 20.5. The predicted octanol–water partition coefficient (Wildman–Crippen LogP) is 0.481. The van der Waals surface area contributed by atoms with Gasteiger partial charge in [0.2, 0.25) is 17.6 Å². The monoisotopic (exact) mass is 475 g/mol. The van der Waals surface area contributed by atoms with E-state index in [-0.39, 0.29) is 25.3 Å². The van der Waals surface area contributed by atoms with Crippen LogP contribution in [0, 0.1) is 17.8 Å². The van der Waals surface area contributed by atoms with Gasteiger partial charge in [-0.3, -0.25) is 19.2 Å². The molecule has 1 saturated heterocycles. The van der Waals surface area contributed by atoms with Crippen LogP contribution < -0.4 is 21.3 Å². The van der Waals surface area contributed by atoms with Crippen molar-refractivity contribution in [1.29, 1.82) is 0 Å². The molecule has 34 heavy (non-hydrogen) atoms. The van der Waals surface area contributed by atoms with Crippen molar-refractivity contribution < 1.29 is 24.0 Å². The number of Topliss-reactive ketones (excluding diaryl/α,β-unsaturated/α-hetero) is 1. The van der Waals surface area contributed by atoms with E-state index in [4.69, 9.17) is 6.42 Å². The maximum atomic E-state index is 13.3. The van der Waals surface area contributed by atoms with Crippen LogP contribution in [0.15, 0.2) is 12.7 Å². The second-order valence-electron chi connectivity index (χ2n) is 9.21. The molecular weight excluding hydrogens is 438 g/mol. The zero-order valence-electron chi connectivity index (χ0n) is 20.5. The lowest BCUT2D eigenvalue weighted by molar-refractivity contribution is -0.143. The van der Waals surface area contributed by atoms with Gasteiger partial charge in [-0.05, 0) is 31.1 Å². The first-order chi connectivity index (χ1) is 16.0. The normalized spacial score (nSPS) is 17.0. The van der Waals surface area contributed by atoms with E-state index < -0.39 is 47.2 Å². The number of hydrogen-bond acceptors (Lipinski definition) is 5. The van der Waals surface area contributed by atoms with Gasteiger partial charge in [0.1, 0.15) is 12.1 Å². The van der Waals surface area contributed by atoms with Crippen LogP contribution in [0.5, 0.6) is 0 Å². The molecule has 10 heteroatoms. The number of hydrogen-bond donors (Lipinski definition) is 4. The summed E-state index contributed by atoms with van der Waals surface area (Å²) in [5.74, 6) is -0.119. The molecule has 0 aliphatic carbocycles. The number of nitrogens with zero attached hydrogens (tertiary/aromatic N) is 1. The molecule has 0 aromatic carbocycles. The van der Waals surface area contributed by atoms with Crippen molar-refractivity contribution in [3.63, 3.8) is 0 Å². The smallest absolute Gasteiger partial charge is 0.315 e. The number of carbonyl (C=O) groups is 5. The Kier molecular flexibility index (Phi) is 11.3. The summed E-state index contributed by atoms with van der Waals surface area (Å²) >= 11 is 0. The highest BCUT2D eigenvalue weighted by atomic mass is 16.2. The number of rotatable bonds is 11. The molecule has 10 nitrogen and oxygen atoms in total. The van der Waals surface area contributed by atoms with Crippen LogP contribution in [0.3, 0.4) is 0 Å². The number of carbonyl (C=O) groups excluding carboxylic acids is 5. The summed E-state index contributed by atoms with van der Waals surface area (Å²) in [5, 5.41) is 10.2. The van der Waals surface area contributed by atoms with E-state index >= 15 is 0 Å². The van der Waals surface area contributed by atoms with Gasteiger partial charge in [0, 0.05) is 26.6 Å². The fourth-order valence-corrected chi connectivity index (χ4v) is 3.62. The molecule has 3 unspecified atom stereocenters. The first-order valence-corrected chi connectivity index (χ1v) is 11.4. The Bertz CT molecular complexity index is 827. The van der Waals surface area contributed by atoms with Crippen LogP contribution >= 0.6 is 0 Å². The van der Waals surface area contributed by atoms with Gasteiger partial charge < -0.3 is 26.2 Å². The Labute approximate surface area is 201 Å². The average Bonchev–Trinajstić information content (AvgIpc) is 3.28. The molecular formula is C24H37N5O5. The molecule has 4 N–H and O–H groups in total. The molecule has 0 aromatic rings. The molecule has 1 fully saturated rings. The Morgan fingerprint density at radius 1 is 1.21 bits per heavy atom. The predicted molar refractivity (Wildman–Crippen MR) is 128 cm³/mol. The van der Waals surface area contributed by atoms with Crippen molar-refractivity contribution in [2.75, 3.05) is 20.1 Å². The first kappa shape index (κ1) is 28.7.